The number of hydrogen-bond acceptors (Lipinski definition) is 5. The molecule has 0 bridgehead atoms. The highest BCUT2D eigenvalue weighted by Gasteiger charge is 1.95. The summed E-state index contributed by atoms with van der Waals surface area (Å²) in [6.45, 7) is 19.6. The predicted octanol–water partition coefficient (Wildman–Crippen LogP) is 4.78. The molecule has 0 aromatic heterocycles. The lowest BCUT2D eigenvalue weighted by Crippen LogP contribution is -2.23. The van der Waals surface area contributed by atoms with Crippen molar-refractivity contribution in [2.75, 3.05) is 20.4 Å². The first-order chi connectivity index (χ1) is 15.1. The minimum absolute atomic E-state index is 0.176. The molecule has 1 aromatic carbocycles. The Hall–Kier alpha value is -3.45. The van der Waals surface area contributed by atoms with Crippen LogP contribution >= 0.6 is 0 Å². The summed E-state index contributed by atoms with van der Waals surface area (Å²) in [7, 11) is 1.33. The lowest BCUT2D eigenvalue weighted by atomic mass is 10.2. The van der Waals surface area contributed by atoms with Gasteiger partial charge in [0.1, 0.15) is 6.73 Å². The summed E-state index contributed by atoms with van der Waals surface area (Å²) in [6, 6.07) is 10.0. The van der Waals surface area contributed by atoms with E-state index in [1.54, 1.807) is 6.92 Å². The Labute approximate surface area is 192 Å². The zero-order chi connectivity index (χ0) is 25.4. The van der Waals surface area contributed by atoms with Crippen LogP contribution in [0.25, 0.3) is 6.08 Å². The number of unbranched alkanes of at least 4 members (excludes halogenated alkanes) is 1. The Morgan fingerprint density at radius 3 is 1.88 bits per heavy atom. The first-order valence-electron chi connectivity index (χ1n) is 9.85. The number of amides is 1. The molecule has 1 rings (SSSR count). The number of carboxylic acid groups (broad SMARTS) is 1. The Morgan fingerprint density at radius 1 is 1.06 bits per heavy atom. The predicted molar refractivity (Wildman–Crippen MR) is 130 cm³/mol. The van der Waals surface area contributed by atoms with Gasteiger partial charge in [-0.15, -0.1) is 0 Å². The fourth-order valence-electron chi connectivity index (χ4n) is 1.28. The molecule has 7 heteroatoms. The van der Waals surface area contributed by atoms with Crippen molar-refractivity contribution < 1.29 is 29.0 Å². The maximum atomic E-state index is 10.5. The van der Waals surface area contributed by atoms with Gasteiger partial charge in [-0.05, 0) is 31.9 Å². The van der Waals surface area contributed by atoms with Crippen LogP contribution in [0.1, 0.15) is 39.2 Å². The highest BCUT2D eigenvalue weighted by Crippen LogP contribution is 1.97. The smallest absolute Gasteiger partial charge is 0.332 e. The number of hydrogen-bond donors (Lipinski definition) is 2. The first-order valence-corrected chi connectivity index (χ1v) is 9.85. The van der Waals surface area contributed by atoms with Gasteiger partial charge in [-0.1, -0.05) is 76.1 Å². The zero-order valence-electron chi connectivity index (χ0n) is 19.7. The molecular weight excluding hydrogens is 410 g/mol. The molecule has 7 nitrogen and oxygen atoms in total. The van der Waals surface area contributed by atoms with Crippen LogP contribution < -0.4 is 5.32 Å². The molecule has 1 amide bonds. The van der Waals surface area contributed by atoms with Gasteiger partial charge in [0.25, 0.3) is 0 Å². The molecule has 0 atom stereocenters. The second-order valence-electron chi connectivity index (χ2n) is 6.12. The summed E-state index contributed by atoms with van der Waals surface area (Å²) < 4.78 is 9.34. The molecule has 0 radical (unpaired) electrons. The number of carboxylic acids is 1. The average Bonchev–Trinajstić information content (AvgIpc) is 2.79. The fraction of sp³-hybridized carbons (Fsp3) is 0.320. The number of methoxy groups -OCH3 is 1. The highest BCUT2D eigenvalue weighted by molar-refractivity contribution is 5.87. The van der Waals surface area contributed by atoms with Gasteiger partial charge in [0, 0.05) is 17.8 Å². The normalized spacial score (nSPS) is 8.38. The molecule has 2 N–H and O–H groups in total. The first kappa shape index (κ1) is 33.2. The van der Waals surface area contributed by atoms with Crippen molar-refractivity contribution >= 4 is 23.9 Å². The minimum Gasteiger partial charge on any atom is -0.478 e. The molecule has 32 heavy (non-hydrogen) atoms. The average molecular weight is 448 g/mol. The van der Waals surface area contributed by atoms with E-state index >= 15 is 0 Å². The van der Waals surface area contributed by atoms with E-state index < -0.39 is 5.97 Å². The van der Waals surface area contributed by atoms with Crippen LogP contribution in [0, 0.1) is 0 Å². The van der Waals surface area contributed by atoms with Gasteiger partial charge in [0.15, 0.2) is 0 Å². The third-order valence-corrected chi connectivity index (χ3v) is 3.11. The van der Waals surface area contributed by atoms with Crippen LogP contribution in [0.4, 0.5) is 0 Å². The maximum Gasteiger partial charge on any atom is 0.332 e. The van der Waals surface area contributed by atoms with Gasteiger partial charge < -0.3 is 19.9 Å². The molecule has 0 saturated carbocycles. The molecule has 0 aliphatic heterocycles. The minimum atomic E-state index is -0.935. The van der Waals surface area contributed by atoms with Crippen LogP contribution in [-0.2, 0) is 23.9 Å². The standard InChI is InChI=1S/C8H15NO2.C8H8.C5H8O2.C4H6O2/c1-3-5-6-11-7-9-8(10)4-2;1-2-8-6-4-3-5-7-8;1-4(2)5(6)7-3;1-3(2)4(5)6/h4H,2-3,5-7H2,1H3,(H,9,10);2-7H,1H2;1H2,2-3H3;1H2,2H3,(H,5,6). The van der Waals surface area contributed by atoms with Crippen molar-refractivity contribution in [1.82, 2.24) is 5.32 Å². The second kappa shape index (κ2) is 23.8. The number of benzene rings is 1. The quantitative estimate of drug-likeness (QED) is 0.245. The van der Waals surface area contributed by atoms with Gasteiger partial charge in [-0.25, -0.2) is 9.59 Å². The van der Waals surface area contributed by atoms with Crippen LogP contribution in [-0.4, -0.2) is 43.4 Å². The summed E-state index contributed by atoms with van der Waals surface area (Å²) in [4.78, 5) is 30.3. The van der Waals surface area contributed by atoms with Crippen molar-refractivity contribution in [3.63, 3.8) is 0 Å². The van der Waals surface area contributed by atoms with Crippen molar-refractivity contribution in [2.45, 2.75) is 33.6 Å². The van der Waals surface area contributed by atoms with Crippen LogP contribution in [0.2, 0.25) is 0 Å². The number of aliphatic carboxylic acids is 1. The summed E-state index contributed by atoms with van der Waals surface area (Å²) in [5.74, 6) is -1.48. The Kier molecular flexibility index (Phi) is 24.7. The van der Waals surface area contributed by atoms with Crippen molar-refractivity contribution in [3.05, 3.63) is 79.4 Å². The van der Waals surface area contributed by atoms with E-state index in [-0.39, 0.29) is 24.2 Å². The molecule has 0 saturated heterocycles. The van der Waals surface area contributed by atoms with E-state index in [4.69, 9.17) is 9.84 Å². The number of carbonyl (C=O) groups is 3. The largest absolute Gasteiger partial charge is 0.478 e. The molecule has 0 heterocycles. The molecule has 178 valence electrons. The lowest BCUT2D eigenvalue weighted by molar-refractivity contribution is -0.136. The van der Waals surface area contributed by atoms with Crippen molar-refractivity contribution in [3.8, 4) is 0 Å². The number of ether oxygens (including phenoxy) is 2. The molecule has 0 fully saturated rings. The van der Waals surface area contributed by atoms with Crippen LogP contribution in [0.5, 0.6) is 0 Å². The van der Waals surface area contributed by atoms with Gasteiger partial charge >= 0.3 is 11.9 Å². The van der Waals surface area contributed by atoms with E-state index in [0.29, 0.717) is 12.2 Å². The highest BCUT2D eigenvalue weighted by atomic mass is 16.5. The summed E-state index contributed by atoms with van der Waals surface area (Å²) in [6.07, 6.45) is 5.20. The Balaban J connectivity index is -0.000000360. The number of esters is 1. The van der Waals surface area contributed by atoms with E-state index in [1.165, 1.54) is 25.7 Å². The fourth-order valence-corrected chi connectivity index (χ4v) is 1.28. The molecule has 0 spiro atoms. The van der Waals surface area contributed by atoms with Crippen LogP contribution in [0.3, 0.4) is 0 Å². The molecule has 1 aromatic rings. The van der Waals surface area contributed by atoms with Crippen molar-refractivity contribution in [1.29, 1.82) is 0 Å². The zero-order valence-corrected chi connectivity index (χ0v) is 19.7. The van der Waals surface area contributed by atoms with Gasteiger partial charge in [0.2, 0.25) is 5.91 Å². The topological polar surface area (TPSA) is 102 Å². The van der Waals surface area contributed by atoms with Gasteiger partial charge in [0.05, 0.1) is 7.11 Å². The summed E-state index contributed by atoms with van der Waals surface area (Å²) >= 11 is 0. The summed E-state index contributed by atoms with van der Waals surface area (Å²) in [5, 5.41) is 10.4. The van der Waals surface area contributed by atoms with Crippen molar-refractivity contribution in [2.24, 2.45) is 0 Å². The van der Waals surface area contributed by atoms with E-state index in [9.17, 15) is 14.4 Å². The second-order valence-corrected chi connectivity index (χ2v) is 6.12. The lowest BCUT2D eigenvalue weighted by Gasteiger charge is -2.02. The van der Waals surface area contributed by atoms with E-state index in [2.05, 4.69) is 43.3 Å². The van der Waals surface area contributed by atoms with Gasteiger partial charge in [-0.3, -0.25) is 4.79 Å². The Morgan fingerprint density at radius 2 is 1.59 bits per heavy atom. The van der Waals surface area contributed by atoms with Gasteiger partial charge in [-0.2, -0.15) is 0 Å². The number of rotatable bonds is 9. The monoisotopic (exact) mass is 447 g/mol. The maximum absolute atomic E-state index is 10.5. The molecule has 0 aliphatic carbocycles. The Bertz CT molecular complexity index is 698. The van der Waals surface area contributed by atoms with E-state index in [1.807, 2.05) is 36.4 Å². The van der Waals surface area contributed by atoms with E-state index in [0.717, 1.165) is 12.8 Å². The molecular formula is C25H37NO6. The molecule has 0 unspecified atom stereocenters. The number of carbonyl (C=O) groups excluding carboxylic acids is 2. The van der Waals surface area contributed by atoms with Crippen LogP contribution in [0.15, 0.2) is 73.9 Å². The SMILES string of the molecule is C=C(C)C(=O)O.C=C(C)C(=O)OC.C=CC(=O)NCOCCCC.C=Cc1ccccc1. The number of nitrogens with one attached hydrogen (secondary N) is 1. The summed E-state index contributed by atoms with van der Waals surface area (Å²) in [5.41, 5.74) is 1.78. The third-order valence-electron chi connectivity index (χ3n) is 3.11. The molecule has 0 aliphatic rings. The third kappa shape index (κ3) is 26.6.